The third-order valence-electron chi connectivity index (χ3n) is 5.79. The first kappa shape index (κ1) is 20.7. The van der Waals surface area contributed by atoms with Crippen molar-refractivity contribution in [3.05, 3.63) is 47.4 Å². The van der Waals surface area contributed by atoms with Crippen LogP contribution in [0.5, 0.6) is 0 Å². The number of morpholine rings is 1. The lowest BCUT2D eigenvalue weighted by Gasteiger charge is -2.28. The number of alkyl halides is 3. The number of aromatic nitrogens is 4. The van der Waals surface area contributed by atoms with Crippen LogP contribution in [0.3, 0.4) is 0 Å². The van der Waals surface area contributed by atoms with Crippen LogP contribution in [0.25, 0.3) is 11.3 Å². The summed E-state index contributed by atoms with van der Waals surface area (Å²) in [7, 11) is 0. The van der Waals surface area contributed by atoms with Gasteiger partial charge in [0, 0.05) is 24.8 Å². The maximum Gasteiger partial charge on any atom is 0.417 e. The highest BCUT2D eigenvalue weighted by Crippen LogP contribution is 2.53. The Balaban J connectivity index is 1.68. The van der Waals surface area contributed by atoms with Gasteiger partial charge in [-0.2, -0.15) is 13.2 Å². The fraction of sp³-hybridized carbons (Fsp3) is 0.429. The van der Waals surface area contributed by atoms with Gasteiger partial charge in [-0.05, 0) is 31.9 Å². The number of pyridine rings is 1. The zero-order valence-corrected chi connectivity index (χ0v) is 17.3. The standard InChI is InChI=1S/C21H21F3N6O2/c1-12-10-27-18(32-12)20(2-3-20)16-9-15(28-19(29-16)30-4-6-31-7-5-30)13-11-26-17(25)8-14(13)21(22,23)24/h8-11H,2-7H2,1H3,(H2,25,26). The van der Waals surface area contributed by atoms with Crippen molar-refractivity contribution in [2.24, 2.45) is 0 Å². The van der Waals surface area contributed by atoms with Gasteiger partial charge in [0.1, 0.15) is 11.6 Å². The largest absolute Gasteiger partial charge is 0.445 e. The van der Waals surface area contributed by atoms with Gasteiger partial charge in [-0.3, -0.25) is 0 Å². The molecule has 0 radical (unpaired) electrons. The summed E-state index contributed by atoms with van der Waals surface area (Å²) in [5, 5.41) is 0. The van der Waals surface area contributed by atoms with E-state index in [0.29, 0.717) is 49.6 Å². The monoisotopic (exact) mass is 446 g/mol. The number of halogens is 3. The van der Waals surface area contributed by atoms with E-state index in [9.17, 15) is 13.2 Å². The van der Waals surface area contributed by atoms with Gasteiger partial charge < -0.3 is 19.8 Å². The maximum atomic E-state index is 13.8. The molecule has 2 fully saturated rings. The number of nitrogens with two attached hydrogens (primary N) is 1. The second kappa shape index (κ2) is 7.44. The SMILES string of the molecule is Cc1cnc(C2(c3cc(-c4cnc(N)cc4C(F)(F)F)nc(N4CCOCC4)n3)CC2)o1. The van der Waals surface area contributed by atoms with Crippen molar-refractivity contribution in [3.63, 3.8) is 0 Å². The van der Waals surface area contributed by atoms with Crippen molar-refractivity contribution >= 4 is 11.8 Å². The lowest BCUT2D eigenvalue weighted by molar-refractivity contribution is -0.137. The number of rotatable bonds is 4. The fourth-order valence-corrected chi connectivity index (χ4v) is 3.91. The summed E-state index contributed by atoms with van der Waals surface area (Å²) in [6, 6.07) is 2.41. The molecule has 0 aromatic carbocycles. The molecule has 32 heavy (non-hydrogen) atoms. The zero-order valence-electron chi connectivity index (χ0n) is 17.3. The van der Waals surface area contributed by atoms with Gasteiger partial charge >= 0.3 is 6.18 Å². The van der Waals surface area contributed by atoms with Gasteiger partial charge in [-0.1, -0.05) is 0 Å². The topological polar surface area (TPSA) is 103 Å². The molecule has 4 heterocycles. The summed E-state index contributed by atoms with van der Waals surface area (Å²) in [6.45, 7) is 3.86. The van der Waals surface area contributed by atoms with Crippen LogP contribution in [0.2, 0.25) is 0 Å². The molecule has 1 saturated carbocycles. The first-order valence-corrected chi connectivity index (χ1v) is 10.2. The molecule has 1 saturated heterocycles. The van der Waals surface area contributed by atoms with Crippen molar-refractivity contribution in [2.45, 2.75) is 31.4 Å². The highest BCUT2D eigenvalue weighted by atomic mass is 19.4. The Morgan fingerprint density at radius 2 is 1.81 bits per heavy atom. The normalized spacial score (nSPS) is 18.1. The molecular weight excluding hydrogens is 425 g/mol. The highest BCUT2D eigenvalue weighted by Gasteiger charge is 2.52. The van der Waals surface area contributed by atoms with Gasteiger partial charge in [0.25, 0.3) is 0 Å². The molecule has 3 aromatic rings. The van der Waals surface area contributed by atoms with Gasteiger partial charge in [0.2, 0.25) is 11.8 Å². The van der Waals surface area contributed by atoms with Crippen LogP contribution < -0.4 is 10.6 Å². The van der Waals surface area contributed by atoms with E-state index in [2.05, 4.69) is 15.0 Å². The van der Waals surface area contributed by atoms with E-state index in [1.54, 1.807) is 19.2 Å². The van der Waals surface area contributed by atoms with Gasteiger partial charge in [-0.15, -0.1) is 0 Å². The molecule has 168 valence electrons. The number of anilines is 2. The van der Waals surface area contributed by atoms with Crippen molar-refractivity contribution < 1.29 is 22.3 Å². The summed E-state index contributed by atoms with van der Waals surface area (Å²) < 4.78 is 52.6. The third kappa shape index (κ3) is 3.66. The second-order valence-corrected chi connectivity index (χ2v) is 8.05. The number of nitrogens with zero attached hydrogens (tertiary/aromatic N) is 5. The predicted molar refractivity (Wildman–Crippen MR) is 109 cm³/mol. The molecule has 3 aromatic heterocycles. The molecule has 0 bridgehead atoms. The Hall–Kier alpha value is -3.21. The second-order valence-electron chi connectivity index (χ2n) is 8.05. The van der Waals surface area contributed by atoms with Crippen LogP contribution >= 0.6 is 0 Å². The van der Waals surface area contributed by atoms with E-state index < -0.39 is 17.2 Å². The minimum atomic E-state index is -4.62. The summed E-state index contributed by atoms with van der Waals surface area (Å²) in [6.07, 6.45) is -0.405. The molecule has 8 nitrogen and oxygen atoms in total. The Bertz CT molecular complexity index is 1150. The Morgan fingerprint density at radius 3 is 2.44 bits per heavy atom. The minimum absolute atomic E-state index is 0.130. The zero-order chi connectivity index (χ0) is 22.5. The molecule has 5 rings (SSSR count). The molecule has 0 spiro atoms. The molecule has 2 aliphatic rings. The molecule has 0 atom stereocenters. The summed E-state index contributed by atoms with van der Waals surface area (Å²) in [5.41, 5.74) is 4.64. The number of aryl methyl sites for hydroxylation is 1. The average Bonchev–Trinajstić information content (AvgIpc) is 3.48. The summed E-state index contributed by atoms with van der Waals surface area (Å²) in [5.74, 6) is 1.31. The predicted octanol–water partition coefficient (Wildman–Crippen LogP) is 3.35. The smallest absolute Gasteiger partial charge is 0.417 e. The van der Waals surface area contributed by atoms with E-state index in [4.69, 9.17) is 19.9 Å². The van der Waals surface area contributed by atoms with E-state index in [1.165, 1.54) is 0 Å². The number of hydrogen-bond acceptors (Lipinski definition) is 8. The van der Waals surface area contributed by atoms with Crippen LogP contribution in [-0.2, 0) is 16.3 Å². The van der Waals surface area contributed by atoms with Gasteiger partial charge in [0.15, 0.2) is 0 Å². The summed E-state index contributed by atoms with van der Waals surface area (Å²) in [4.78, 5) is 19.4. The molecular formula is C21H21F3N6O2. The quantitative estimate of drug-likeness (QED) is 0.651. The van der Waals surface area contributed by atoms with Crippen molar-refractivity contribution in [2.75, 3.05) is 36.9 Å². The lowest BCUT2D eigenvalue weighted by Crippen LogP contribution is -2.37. The van der Waals surface area contributed by atoms with Crippen LogP contribution in [-0.4, -0.2) is 46.2 Å². The molecule has 0 amide bonds. The van der Waals surface area contributed by atoms with Crippen molar-refractivity contribution in [3.8, 4) is 11.3 Å². The lowest BCUT2D eigenvalue weighted by atomic mass is 9.98. The highest BCUT2D eigenvalue weighted by molar-refractivity contribution is 5.67. The van der Waals surface area contributed by atoms with Crippen molar-refractivity contribution in [1.29, 1.82) is 0 Å². The number of nitrogen functional groups attached to an aromatic ring is 1. The van der Waals surface area contributed by atoms with Crippen molar-refractivity contribution in [1.82, 2.24) is 19.9 Å². The van der Waals surface area contributed by atoms with Crippen LogP contribution in [0.4, 0.5) is 24.9 Å². The summed E-state index contributed by atoms with van der Waals surface area (Å²) >= 11 is 0. The number of oxazole rings is 1. The van der Waals surface area contributed by atoms with E-state index in [0.717, 1.165) is 25.1 Å². The Kier molecular flexibility index (Phi) is 4.81. The first-order chi connectivity index (χ1) is 15.3. The molecule has 1 aliphatic carbocycles. The van der Waals surface area contributed by atoms with Crippen LogP contribution in [0.1, 0.15) is 35.7 Å². The van der Waals surface area contributed by atoms with Gasteiger partial charge in [0.05, 0.1) is 41.8 Å². The Morgan fingerprint density at radius 1 is 1.06 bits per heavy atom. The average molecular weight is 446 g/mol. The molecule has 0 unspecified atom stereocenters. The number of hydrogen-bond donors (Lipinski definition) is 1. The maximum absolute atomic E-state index is 13.8. The third-order valence-corrected chi connectivity index (χ3v) is 5.79. The Labute approximate surface area is 181 Å². The van der Waals surface area contributed by atoms with E-state index in [-0.39, 0.29) is 17.1 Å². The van der Waals surface area contributed by atoms with Crippen LogP contribution in [0.15, 0.2) is 28.9 Å². The van der Waals surface area contributed by atoms with Gasteiger partial charge in [-0.25, -0.2) is 19.9 Å². The number of ether oxygens (including phenoxy) is 1. The minimum Gasteiger partial charge on any atom is -0.445 e. The first-order valence-electron chi connectivity index (χ1n) is 10.2. The molecule has 1 aliphatic heterocycles. The van der Waals surface area contributed by atoms with E-state index >= 15 is 0 Å². The fourth-order valence-electron chi connectivity index (χ4n) is 3.91. The van der Waals surface area contributed by atoms with Crippen LogP contribution in [0, 0.1) is 6.92 Å². The van der Waals surface area contributed by atoms with E-state index in [1.807, 2.05) is 4.90 Å². The molecule has 2 N–H and O–H groups in total. The molecule has 11 heteroatoms.